The number of hydrogen-bond acceptors (Lipinski definition) is 7. The summed E-state index contributed by atoms with van der Waals surface area (Å²) >= 11 is 1.53. The van der Waals surface area contributed by atoms with Gasteiger partial charge in [0.15, 0.2) is 5.13 Å². The minimum atomic E-state index is 0.578. The van der Waals surface area contributed by atoms with Crippen LogP contribution in [0, 0.1) is 6.92 Å². The number of fused-ring (bicyclic) bond motifs is 1. The van der Waals surface area contributed by atoms with Crippen LogP contribution >= 0.6 is 11.3 Å². The third-order valence-electron chi connectivity index (χ3n) is 3.52. The zero-order chi connectivity index (χ0) is 16.5. The summed E-state index contributed by atoms with van der Waals surface area (Å²) in [6.07, 6.45) is 5.39. The van der Waals surface area contributed by atoms with Gasteiger partial charge in [-0.2, -0.15) is 0 Å². The van der Waals surface area contributed by atoms with E-state index in [4.69, 9.17) is 4.74 Å². The van der Waals surface area contributed by atoms with Crippen molar-refractivity contribution < 1.29 is 4.74 Å². The molecule has 1 N–H and O–H groups in total. The minimum absolute atomic E-state index is 0.578. The number of rotatable bonds is 4. The van der Waals surface area contributed by atoms with Gasteiger partial charge < -0.3 is 10.1 Å². The Kier molecular flexibility index (Phi) is 3.58. The summed E-state index contributed by atoms with van der Waals surface area (Å²) < 4.78 is 7.01. The lowest BCUT2D eigenvalue weighted by molar-refractivity contribution is 0.398. The SMILES string of the molecule is COc1ccc(Nc2nc(-c3c(C)nc4ncccn34)cs2)cn1. The van der Waals surface area contributed by atoms with Crippen molar-refractivity contribution in [3.63, 3.8) is 0 Å². The second-order valence-corrected chi connectivity index (χ2v) is 5.95. The molecular formula is C16H14N6OS. The Morgan fingerprint density at radius 1 is 1.21 bits per heavy atom. The normalized spacial score (nSPS) is 10.9. The first-order chi connectivity index (χ1) is 11.7. The molecule has 4 heterocycles. The van der Waals surface area contributed by atoms with Gasteiger partial charge in [0.05, 0.1) is 30.4 Å². The lowest BCUT2D eigenvalue weighted by atomic mass is 10.3. The number of thiazole rings is 1. The molecular weight excluding hydrogens is 324 g/mol. The number of methoxy groups -OCH3 is 1. The van der Waals surface area contributed by atoms with Crippen molar-refractivity contribution in [1.82, 2.24) is 24.3 Å². The van der Waals surface area contributed by atoms with Gasteiger partial charge in [-0.25, -0.2) is 19.9 Å². The van der Waals surface area contributed by atoms with E-state index < -0.39 is 0 Å². The van der Waals surface area contributed by atoms with Crippen LogP contribution in [0.3, 0.4) is 0 Å². The summed E-state index contributed by atoms with van der Waals surface area (Å²) in [6.45, 7) is 1.96. The molecule has 0 aromatic carbocycles. The summed E-state index contributed by atoms with van der Waals surface area (Å²) in [7, 11) is 1.59. The van der Waals surface area contributed by atoms with E-state index in [2.05, 4.69) is 25.3 Å². The monoisotopic (exact) mass is 338 g/mol. The van der Waals surface area contributed by atoms with Gasteiger partial charge in [0, 0.05) is 23.8 Å². The van der Waals surface area contributed by atoms with Crippen molar-refractivity contribution in [2.24, 2.45) is 0 Å². The van der Waals surface area contributed by atoms with E-state index in [1.807, 2.05) is 35.0 Å². The van der Waals surface area contributed by atoms with Crippen molar-refractivity contribution >= 4 is 27.9 Å². The van der Waals surface area contributed by atoms with Crippen molar-refractivity contribution in [2.45, 2.75) is 6.92 Å². The maximum atomic E-state index is 5.06. The van der Waals surface area contributed by atoms with Gasteiger partial charge in [0.2, 0.25) is 11.7 Å². The smallest absolute Gasteiger partial charge is 0.234 e. The largest absolute Gasteiger partial charge is 0.481 e. The van der Waals surface area contributed by atoms with E-state index in [0.29, 0.717) is 11.7 Å². The van der Waals surface area contributed by atoms with E-state index in [-0.39, 0.29) is 0 Å². The van der Waals surface area contributed by atoms with Crippen molar-refractivity contribution in [2.75, 3.05) is 12.4 Å². The number of nitrogens with one attached hydrogen (secondary N) is 1. The van der Waals surface area contributed by atoms with Crippen molar-refractivity contribution in [1.29, 1.82) is 0 Å². The zero-order valence-electron chi connectivity index (χ0n) is 13.1. The lowest BCUT2D eigenvalue weighted by Gasteiger charge is -2.03. The Balaban J connectivity index is 1.65. The second kappa shape index (κ2) is 5.89. The number of ether oxygens (including phenoxy) is 1. The first-order valence-corrected chi connectivity index (χ1v) is 8.15. The van der Waals surface area contributed by atoms with Crippen LogP contribution in [0.25, 0.3) is 17.2 Å². The molecule has 0 aliphatic heterocycles. The third kappa shape index (κ3) is 2.56. The van der Waals surface area contributed by atoms with Crippen LogP contribution in [0.5, 0.6) is 5.88 Å². The summed E-state index contributed by atoms with van der Waals surface area (Å²) in [6, 6.07) is 5.58. The Morgan fingerprint density at radius 2 is 2.12 bits per heavy atom. The molecule has 0 saturated heterocycles. The van der Waals surface area contributed by atoms with Gasteiger partial charge in [-0.1, -0.05) is 0 Å². The number of pyridine rings is 1. The topological polar surface area (TPSA) is 77.2 Å². The second-order valence-electron chi connectivity index (χ2n) is 5.09. The first-order valence-electron chi connectivity index (χ1n) is 7.27. The zero-order valence-corrected chi connectivity index (χ0v) is 13.9. The molecule has 24 heavy (non-hydrogen) atoms. The summed E-state index contributed by atoms with van der Waals surface area (Å²) in [4.78, 5) is 17.6. The summed E-state index contributed by atoms with van der Waals surface area (Å²) in [5.41, 5.74) is 3.57. The Labute approximate surface area is 142 Å². The van der Waals surface area contributed by atoms with Crippen LogP contribution in [-0.2, 0) is 0 Å². The Hall–Kier alpha value is -3.00. The van der Waals surface area contributed by atoms with Crippen LogP contribution in [0.2, 0.25) is 0 Å². The standard InChI is InChI=1S/C16H14N6OS/c1-10-14(22-7-3-6-17-15(22)19-10)12-9-24-16(21-12)20-11-4-5-13(23-2)18-8-11/h3-9H,1-2H3,(H,20,21). The van der Waals surface area contributed by atoms with E-state index in [1.165, 1.54) is 11.3 Å². The fourth-order valence-electron chi connectivity index (χ4n) is 2.44. The fraction of sp³-hybridized carbons (Fsp3) is 0.125. The van der Waals surface area contributed by atoms with Crippen molar-refractivity contribution in [3.8, 4) is 17.3 Å². The van der Waals surface area contributed by atoms with E-state index in [1.54, 1.807) is 25.6 Å². The number of aryl methyl sites for hydroxylation is 1. The lowest BCUT2D eigenvalue weighted by Crippen LogP contribution is -1.93. The van der Waals surface area contributed by atoms with Gasteiger partial charge in [0.25, 0.3) is 0 Å². The molecule has 4 aromatic rings. The maximum absolute atomic E-state index is 5.06. The van der Waals surface area contributed by atoms with Crippen LogP contribution < -0.4 is 10.1 Å². The van der Waals surface area contributed by atoms with Crippen LogP contribution in [0.1, 0.15) is 5.69 Å². The van der Waals surface area contributed by atoms with E-state index >= 15 is 0 Å². The molecule has 0 unspecified atom stereocenters. The molecule has 120 valence electrons. The molecule has 8 heteroatoms. The molecule has 7 nitrogen and oxygen atoms in total. The number of nitrogens with zero attached hydrogens (tertiary/aromatic N) is 5. The summed E-state index contributed by atoms with van der Waals surface area (Å²) in [5, 5.41) is 6.04. The minimum Gasteiger partial charge on any atom is -0.481 e. The van der Waals surface area contributed by atoms with Gasteiger partial charge >= 0.3 is 0 Å². The molecule has 4 rings (SSSR count). The highest BCUT2D eigenvalue weighted by Crippen LogP contribution is 2.29. The predicted octanol–water partition coefficient (Wildman–Crippen LogP) is 3.31. The first kappa shape index (κ1) is 14.6. The highest BCUT2D eigenvalue weighted by Gasteiger charge is 2.14. The molecule has 0 fully saturated rings. The Morgan fingerprint density at radius 3 is 2.92 bits per heavy atom. The number of aromatic nitrogens is 5. The maximum Gasteiger partial charge on any atom is 0.234 e. The molecule has 0 aliphatic rings. The Bertz CT molecular complexity index is 991. The average molecular weight is 338 g/mol. The summed E-state index contributed by atoms with van der Waals surface area (Å²) in [5.74, 6) is 1.25. The highest BCUT2D eigenvalue weighted by molar-refractivity contribution is 7.14. The van der Waals surface area contributed by atoms with Gasteiger partial charge in [-0.15, -0.1) is 11.3 Å². The van der Waals surface area contributed by atoms with Gasteiger partial charge in [0.1, 0.15) is 5.69 Å². The van der Waals surface area contributed by atoms with Gasteiger partial charge in [-0.05, 0) is 19.1 Å². The molecule has 0 spiro atoms. The van der Waals surface area contributed by atoms with Crippen LogP contribution in [0.4, 0.5) is 10.8 Å². The third-order valence-corrected chi connectivity index (χ3v) is 4.28. The van der Waals surface area contributed by atoms with Crippen molar-refractivity contribution in [3.05, 3.63) is 47.9 Å². The van der Waals surface area contributed by atoms with Crippen LogP contribution in [0.15, 0.2) is 42.2 Å². The molecule has 0 saturated carbocycles. The van der Waals surface area contributed by atoms with E-state index in [0.717, 1.165) is 27.9 Å². The average Bonchev–Trinajstić information content (AvgIpc) is 3.18. The van der Waals surface area contributed by atoms with E-state index in [9.17, 15) is 0 Å². The quantitative estimate of drug-likeness (QED) is 0.615. The number of anilines is 2. The van der Waals surface area contributed by atoms with Gasteiger partial charge in [-0.3, -0.25) is 4.40 Å². The molecule has 0 atom stereocenters. The molecule has 0 aliphatic carbocycles. The number of hydrogen-bond donors (Lipinski definition) is 1. The van der Waals surface area contributed by atoms with Crippen LogP contribution in [-0.4, -0.2) is 31.4 Å². The molecule has 0 amide bonds. The number of imidazole rings is 1. The highest BCUT2D eigenvalue weighted by atomic mass is 32.1. The fourth-order valence-corrected chi connectivity index (χ4v) is 3.16. The molecule has 0 radical (unpaired) electrons. The molecule has 4 aromatic heterocycles. The predicted molar refractivity (Wildman–Crippen MR) is 92.9 cm³/mol. The molecule has 0 bridgehead atoms.